The molecule has 1 aromatic carbocycles. The molecule has 1 heterocycles. The maximum absolute atomic E-state index is 4.39. The minimum atomic E-state index is 1.04. The van der Waals surface area contributed by atoms with Crippen molar-refractivity contribution in [3.8, 4) is 11.3 Å². The van der Waals surface area contributed by atoms with Crippen molar-refractivity contribution in [1.82, 2.24) is 4.98 Å². The van der Waals surface area contributed by atoms with Crippen LogP contribution in [-0.2, 0) is 0 Å². The van der Waals surface area contributed by atoms with Crippen LogP contribution in [0.3, 0.4) is 0 Å². The maximum atomic E-state index is 4.39. The van der Waals surface area contributed by atoms with Crippen LogP contribution in [0.15, 0.2) is 17.6 Å². The molecule has 77 valence electrons. The van der Waals surface area contributed by atoms with Gasteiger partial charge in [-0.05, 0) is 38.8 Å². The second-order valence-corrected chi connectivity index (χ2v) is 4.84. The second kappa shape index (κ2) is 3.78. The largest absolute Gasteiger partial charge is 0.244 e. The molecule has 0 aliphatic heterocycles. The summed E-state index contributed by atoms with van der Waals surface area (Å²) >= 11 is 1.60. The Morgan fingerprint density at radius 2 is 1.73 bits per heavy atom. The van der Waals surface area contributed by atoms with Crippen LogP contribution in [0.25, 0.3) is 11.3 Å². The van der Waals surface area contributed by atoms with Crippen LogP contribution in [0.5, 0.6) is 0 Å². The molecule has 0 fully saturated rings. The third kappa shape index (κ3) is 1.82. The Balaban J connectivity index is 2.68. The van der Waals surface area contributed by atoms with Crippen molar-refractivity contribution in [3.63, 3.8) is 0 Å². The van der Waals surface area contributed by atoms with Crippen LogP contribution >= 0.6 is 11.3 Å². The monoisotopic (exact) mass is 216 g/mol. The molecule has 0 atom stereocenters. The lowest BCUT2D eigenvalue weighted by atomic mass is 9.97. The van der Waals surface area contributed by atoms with Gasteiger partial charge in [0.1, 0.15) is 0 Å². The lowest BCUT2D eigenvalue weighted by Crippen LogP contribution is -1.91. The van der Waals surface area contributed by atoms with Gasteiger partial charge in [0.05, 0.1) is 11.2 Å². The zero-order valence-electron chi connectivity index (χ0n) is 9.29. The van der Waals surface area contributed by atoms with E-state index in [0.29, 0.717) is 0 Å². The molecule has 0 saturated carbocycles. The lowest BCUT2D eigenvalue weighted by Gasteiger charge is -2.09. The van der Waals surface area contributed by atoms with Crippen molar-refractivity contribution < 1.29 is 0 Å². The van der Waals surface area contributed by atoms with E-state index in [1.807, 2.05) is 5.51 Å². The average molecular weight is 216 g/mol. The van der Waals surface area contributed by atoms with Gasteiger partial charge in [0.15, 0.2) is 0 Å². The number of benzene rings is 1. The SMILES string of the molecule is [CH2]c1scnc1-c1c(C)cc(C)cc1C. The predicted molar refractivity (Wildman–Crippen MR) is 66.2 cm³/mol. The Morgan fingerprint density at radius 1 is 1.13 bits per heavy atom. The summed E-state index contributed by atoms with van der Waals surface area (Å²) in [5.74, 6) is 0. The van der Waals surface area contributed by atoms with Crippen LogP contribution in [0.1, 0.15) is 21.6 Å². The number of hydrogen-bond donors (Lipinski definition) is 0. The first kappa shape index (κ1) is 10.4. The number of aryl methyl sites for hydroxylation is 3. The summed E-state index contributed by atoms with van der Waals surface area (Å²) in [4.78, 5) is 5.44. The van der Waals surface area contributed by atoms with Gasteiger partial charge in [0.25, 0.3) is 0 Å². The van der Waals surface area contributed by atoms with E-state index < -0.39 is 0 Å². The quantitative estimate of drug-likeness (QED) is 0.704. The van der Waals surface area contributed by atoms with Crippen LogP contribution < -0.4 is 0 Å². The molecular weight excluding hydrogens is 202 g/mol. The van der Waals surface area contributed by atoms with Gasteiger partial charge < -0.3 is 0 Å². The van der Waals surface area contributed by atoms with Gasteiger partial charge >= 0.3 is 0 Å². The van der Waals surface area contributed by atoms with Crippen LogP contribution in [0.4, 0.5) is 0 Å². The number of aromatic nitrogens is 1. The van der Waals surface area contributed by atoms with Crippen LogP contribution in [-0.4, -0.2) is 4.98 Å². The topological polar surface area (TPSA) is 12.9 Å². The minimum absolute atomic E-state index is 1.04. The lowest BCUT2D eigenvalue weighted by molar-refractivity contribution is 1.28. The first-order chi connectivity index (χ1) is 7.09. The summed E-state index contributed by atoms with van der Waals surface area (Å²) in [7, 11) is 0. The third-order valence-electron chi connectivity index (χ3n) is 2.55. The van der Waals surface area contributed by atoms with E-state index in [4.69, 9.17) is 0 Å². The second-order valence-electron chi connectivity index (χ2n) is 3.90. The fraction of sp³-hybridized carbons (Fsp3) is 0.231. The number of rotatable bonds is 1. The Kier molecular flexibility index (Phi) is 2.61. The Bertz CT molecular complexity index is 474. The van der Waals surface area contributed by atoms with Crippen molar-refractivity contribution in [2.45, 2.75) is 20.8 Å². The van der Waals surface area contributed by atoms with E-state index >= 15 is 0 Å². The summed E-state index contributed by atoms with van der Waals surface area (Å²) in [6.07, 6.45) is 0. The van der Waals surface area contributed by atoms with Gasteiger partial charge in [0.2, 0.25) is 0 Å². The molecular formula is C13H14NS. The van der Waals surface area contributed by atoms with E-state index in [-0.39, 0.29) is 0 Å². The number of thiazole rings is 1. The maximum Gasteiger partial charge on any atom is 0.0848 e. The smallest absolute Gasteiger partial charge is 0.0848 e. The van der Waals surface area contributed by atoms with E-state index in [0.717, 1.165) is 10.6 Å². The minimum Gasteiger partial charge on any atom is -0.244 e. The van der Waals surface area contributed by atoms with Crippen LogP contribution in [0.2, 0.25) is 0 Å². The van der Waals surface area contributed by atoms with Crippen molar-refractivity contribution in [1.29, 1.82) is 0 Å². The van der Waals surface area contributed by atoms with E-state index in [2.05, 4.69) is 44.8 Å². The first-order valence-electron chi connectivity index (χ1n) is 4.93. The molecule has 0 spiro atoms. The van der Waals surface area contributed by atoms with Crippen LogP contribution in [0, 0.1) is 27.7 Å². The van der Waals surface area contributed by atoms with Crippen molar-refractivity contribution >= 4 is 11.3 Å². The van der Waals surface area contributed by atoms with E-state index in [9.17, 15) is 0 Å². The third-order valence-corrected chi connectivity index (χ3v) is 3.24. The number of nitrogens with zero attached hydrogens (tertiary/aromatic N) is 1. The molecule has 2 aromatic rings. The molecule has 2 rings (SSSR count). The molecule has 0 N–H and O–H groups in total. The molecule has 15 heavy (non-hydrogen) atoms. The van der Waals surface area contributed by atoms with Crippen molar-refractivity contribution in [3.05, 3.63) is 46.1 Å². The van der Waals surface area contributed by atoms with E-state index in [1.165, 1.54) is 22.3 Å². The highest BCUT2D eigenvalue weighted by Gasteiger charge is 2.11. The fourth-order valence-corrected chi connectivity index (χ4v) is 2.58. The van der Waals surface area contributed by atoms with Gasteiger partial charge in [0, 0.05) is 10.4 Å². The highest BCUT2D eigenvalue weighted by atomic mass is 32.1. The first-order valence-corrected chi connectivity index (χ1v) is 5.81. The Labute approximate surface area is 94.8 Å². The van der Waals surface area contributed by atoms with Gasteiger partial charge in [-0.3, -0.25) is 0 Å². The summed E-state index contributed by atoms with van der Waals surface area (Å²) < 4.78 is 0. The Morgan fingerprint density at radius 3 is 2.20 bits per heavy atom. The number of hydrogen-bond acceptors (Lipinski definition) is 2. The van der Waals surface area contributed by atoms with Gasteiger partial charge in [-0.25, -0.2) is 4.98 Å². The molecule has 2 heteroatoms. The predicted octanol–water partition coefficient (Wildman–Crippen LogP) is 3.92. The molecule has 0 aliphatic carbocycles. The van der Waals surface area contributed by atoms with E-state index in [1.54, 1.807) is 11.3 Å². The zero-order chi connectivity index (χ0) is 11.0. The zero-order valence-corrected chi connectivity index (χ0v) is 10.1. The van der Waals surface area contributed by atoms with Gasteiger partial charge in [-0.1, -0.05) is 17.7 Å². The van der Waals surface area contributed by atoms with Gasteiger partial charge in [-0.15, -0.1) is 11.3 Å². The summed E-state index contributed by atoms with van der Waals surface area (Å²) in [6, 6.07) is 4.39. The average Bonchev–Trinajstić information content (AvgIpc) is 2.50. The summed E-state index contributed by atoms with van der Waals surface area (Å²) in [5, 5.41) is 0. The highest BCUT2D eigenvalue weighted by molar-refractivity contribution is 7.10. The van der Waals surface area contributed by atoms with Crippen molar-refractivity contribution in [2.24, 2.45) is 0 Å². The summed E-state index contributed by atoms with van der Waals surface area (Å²) in [5.41, 5.74) is 8.00. The highest BCUT2D eigenvalue weighted by Crippen LogP contribution is 2.31. The normalized spacial score (nSPS) is 10.7. The molecule has 1 radical (unpaired) electrons. The molecule has 1 aromatic heterocycles. The van der Waals surface area contributed by atoms with Crippen molar-refractivity contribution in [2.75, 3.05) is 0 Å². The van der Waals surface area contributed by atoms with Gasteiger partial charge in [-0.2, -0.15) is 0 Å². The fourth-order valence-electron chi connectivity index (χ4n) is 2.03. The molecule has 1 nitrogen and oxygen atoms in total. The Hall–Kier alpha value is -1.15. The summed E-state index contributed by atoms with van der Waals surface area (Å²) in [6.45, 7) is 10.4. The standard InChI is InChI=1S/C13H14NS/c1-8-5-9(2)12(10(3)6-8)13-11(4)15-7-14-13/h5-7H,4H2,1-3H3. The molecule has 0 amide bonds. The molecule has 0 saturated heterocycles. The molecule has 0 bridgehead atoms. The molecule has 0 aliphatic rings. The molecule has 0 unspecified atom stereocenters.